The maximum absolute atomic E-state index is 11.7. The van der Waals surface area contributed by atoms with Gasteiger partial charge in [0.2, 0.25) is 0 Å². The predicted octanol–water partition coefficient (Wildman–Crippen LogP) is 1.69. The van der Waals surface area contributed by atoms with E-state index in [2.05, 4.69) is 15.2 Å². The summed E-state index contributed by atoms with van der Waals surface area (Å²) < 4.78 is 0. The highest BCUT2D eigenvalue weighted by molar-refractivity contribution is 5.92. The van der Waals surface area contributed by atoms with Gasteiger partial charge in [0, 0.05) is 12.7 Å². The van der Waals surface area contributed by atoms with Gasteiger partial charge in [-0.2, -0.15) is 0 Å². The molecule has 0 atom stereocenters. The summed E-state index contributed by atoms with van der Waals surface area (Å²) in [6, 6.07) is 5.38. The Bertz CT molecular complexity index is 361. The van der Waals surface area contributed by atoms with Crippen molar-refractivity contribution in [3.05, 3.63) is 30.1 Å². The van der Waals surface area contributed by atoms with Crippen molar-refractivity contribution in [3.8, 4) is 0 Å². The molecule has 1 aliphatic rings. The fraction of sp³-hybridized carbons (Fsp3) is 0.571. The van der Waals surface area contributed by atoms with E-state index in [1.165, 1.54) is 32.4 Å². The number of hydrogen-bond donors (Lipinski definition) is 1. The number of amides is 1. The lowest BCUT2D eigenvalue weighted by atomic mass is 10.1. The first-order chi connectivity index (χ1) is 8.86. The average molecular weight is 247 g/mol. The summed E-state index contributed by atoms with van der Waals surface area (Å²) in [5, 5.41) is 2.91. The van der Waals surface area contributed by atoms with E-state index < -0.39 is 0 Å². The lowest BCUT2D eigenvalue weighted by Gasteiger charge is -2.26. The molecule has 0 aromatic carbocycles. The molecule has 0 radical (unpaired) electrons. The van der Waals surface area contributed by atoms with Crippen LogP contribution < -0.4 is 5.32 Å². The maximum atomic E-state index is 11.7. The molecule has 0 unspecified atom stereocenters. The second-order valence-electron chi connectivity index (χ2n) is 4.73. The molecule has 18 heavy (non-hydrogen) atoms. The van der Waals surface area contributed by atoms with Crippen molar-refractivity contribution < 1.29 is 4.79 Å². The minimum absolute atomic E-state index is 0.0748. The molecule has 4 heteroatoms. The molecule has 0 saturated carbocycles. The summed E-state index contributed by atoms with van der Waals surface area (Å²) in [7, 11) is 0. The van der Waals surface area contributed by atoms with Crippen molar-refractivity contribution >= 4 is 5.91 Å². The maximum Gasteiger partial charge on any atom is 0.269 e. The van der Waals surface area contributed by atoms with Crippen LogP contribution in [0.15, 0.2) is 24.4 Å². The lowest BCUT2D eigenvalue weighted by Crippen LogP contribution is -2.33. The van der Waals surface area contributed by atoms with Gasteiger partial charge in [-0.25, -0.2) is 0 Å². The van der Waals surface area contributed by atoms with Crippen LogP contribution in [-0.4, -0.2) is 42.0 Å². The Morgan fingerprint density at radius 2 is 2.11 bits per heavy atom. The average Bonchev–Trinajstić information content (AvgIpc) is 2.45. The zero-order chi connectivity index (χ0) is 12.6. The molecular weight excluding hydrogens is 226 g/mol. The molecule has 1 aromatic rings. The molecule has 98 valence electrons. The highest BCUT2D eigenvalue weighted by Crippen LogP contribution is 2.08. The first-order valence-corrected chi connectivity index (χ1v) is 6.78. The van der Waals surface area contributed by atoms with Gasteiger partial charge < -0.3 is 10.2 Å². The highest BCUT2D eigenvalue weighted by Gasteiger charge is 2.09. The number of piperidine rings is 1. The van der Waals surface area contributed by atoms with Gasteiger partial charge in [0.25, 0.3) is 5.91 Å². The Morgan fingerprint density at radius 1 is 1.28 bits per heavy atom. The van der Waals surface area contributed by atoms with E-state index in [0.29, 0.717) is 5.69 Å². The van der Waals surface area contributed by atoms with E-state index in [9.17, 15) is 4.79 Å². The van der Waals surface area contributed by atoms with Crippen LogP contribution in [0, 0.1) is 0 Å². The van der Waals surface area contributed by atoms with Crippen molar-refractivity contribution in [2.45, 2.75) is 25.7 Å². The Balaban J connectivity index is 1.62. The first-order valence-electron chi connectivity index (χ1n) is 6.78. The molecule has 1 aliphatic heterocycles. The van der Waals surface area contributed by atoms with Gasteiger partial charge in [0.05, 0.1) is 0 Å². The quantitative estimate of drug-likeness (QED) is 0.805. The minimum Gasteiger partial charge on any atom is -0.351 e. The van der Waals surface area contributed by atoms with Crippen LogP contribution in [0.1, 0.15) is 36.2 Å². The molecular formula is C14H21N3O. The number of rotatable bonds is 5. The summed E-state index contributed by atoms with van der Waals surface area (Å²) in [4.78, 5) is 18.2. The summed E-state index contributed by atoms with van der Waals surface area (Å²) in [5.41, 5.74) is 0.496. The third kappa shape index (κ3) is 4.11. The molecule has 0 spiro atoms. The fourth-order valence-electron chi connectivity index (χ4n) is 2.28. The van der Waals surface area contributed by atoms with Crippen molar-refractivity contribution in [2.75, 3.05) is 26.2 Å². The second kappa shape index (κ2) is 7.11. The molecule has 1 aromatic heterocycles. The van der Waals surface area contributed by atoms with E-state index >= 15 is 0 Å². The number of carbonyl (C=O) groups excluding carboxylic acids is 1. The normalized spacial score (nSPS) is 16.4. The Morgan fingerprint density at radius 3 is 2.83 bits per heavy atom. The number of nitrogens with zero attached hydrogens (tertiary/aromatic N) is 2. The lowest BCUT2D eigenvalue weighted by molar-refractivity contribution is 0.0946. The minimum atomic E-state index is -0.0748. The molecule has 4 nitrogen and oxygen atoms in total. The first kappa shape index (κ1) is 13.0. The van der Waals surface area contributed by atoms with Crippen molar-refractivity contribution in [1.29, 1.82) is 0 Å². The second-order valence-corrected chi connectivity index (χ2v) is 4.73. The Hall–Kier alpha value is -1.42. The molecule has 1 saturated heterocycles. The topological polar surface area (TPSA) is 45.2 Å². The van der Waals surface area contributed by atoms with E-state index in [0.717, 1.165) is 19.5 Å². The van der Waals surface area contributed by atoms with Gasteiger partial charge >= 0.3 is 0 Å². The summed E-state index contributed by atoms with van der Waals surface area (Å²) in [5.74, 6) is -0.0748. The van der Waals surface area contributed by atoms with Crippen LogP contribution in [0.2, 0.25) is 0 Å². The number of likely N-dealkylation sites (tertiary alicyclic amines) is 1. The smallest absolute Gasteiger partial charge is 0.269 e. The number of nitrogens with one attached hydrogen (secondary N) is 1. The SMILES string of the molecule is O=C(NCCCN1CCCCC1)c1ccccn1. The van der Waals surface area contributed by atoms with E-state index in [4.69, 9.17) is 0 Å². The van der Waals surface area contributed by atoms with Gasteiger partial charge in [-0.15, -0.1) is 0 Å². The number of hydrogen-bond acceptors (Lipinski definition) is 3. The monoisotopic (exact) mass is 247 g/mol. The summed E-state index contributed by atoms with van der Waals surface area (Å²) in [6.07, 6.45) is 6.66. The van der Waals surface area contributed by atoms with E-state index in [1.807, 2.05) is 12.1 Å². The third-order valence-corrected chi connectivity index (χ3v) is 3.28. The standard InChI is InChI=1S/C14H21N3O/c18-14(13-7-2-3-8-15-13)16-9-6-12-17-10-4-1-5-11-17/h2-3,7-8H,1,4-6,9-12H2,(H,16,18). The summed E-state index contributed by atoms with van der Waals surface area (Å²) >= 11 is 0. The molecule has 0 aliphatic carbocycles. The van der Waals surface area contributed by atoms with Gasteiger partial charge in [0.15, 0.2) is 0 Å². The number of aromatic nitrogens is 1. The zero-order valence-corrected chi connectivity index (χ0v) is 10.8. The van der Waals surface area contributed by atoms with Crippen LogP contribution in [0.3, 0.4) is 0 Å². The van der Waals surface area contributed by atoms with E-state index in [1.54, 1.807) is 12.3 Å². The summed E-state index contributed by atoms with van der Waals surface area (Å²) in [6.45, 7) is 4.25. The predicted molar refractivity (Wildman–Crippen MR) is 71.5 cm³/mol. The van der Waals surface area contributed by atoms with Crippen molar-refractivity contribution in [1.82, 2.24) is 15.2 Å². The van der Waals surface area contributed by atoms with Crippen LogP contribution in [0.5, 0.6) is 0 Å². The van der Waals surface area contributed by atoms with Crippen LogP contribution >= 0.6 is 0 Å². The molecule has 1 N–H and O–H groups in total. The van der Waals surface area contributed by atoms with Crippen molar-refractivity contribution in [2.24, 2.45) is 0 Å². The Kier molecular flexibility index (Phi) is 5.15. The molecule has 2 heterocycles. The fourth-order valence-corrected chi connectivity index (χ4v) is 2.28. The number of pyridine rings is 1. The Labute approximate surface area is 108 Å². The van der Waals surface area contributed by atoms with Gasteiger partial charge in [-0.1, -0.05) is 12.5 Å². The van der Waals surface area contributed by atoms with Gasteiger partial charge in [-0.3, -0.25) is 9.78 Å². The highest BCUT2D eigenvalue weighted by atomic mass is 16.1. The van der Waals surface area contributed by atoms with Crippen LogP contribution in [0.4, 0.5) is 0 Å². The molecule has 1 fully saturated rings. The van der Waals surface area contributed by atoms with Crippen molar-refractivity contribution in [3.63, 3.8) is 0 Å². The molecule has 2 rings (SSSR count). The molecule has 1 amide bonds. The van der Waals surface area contributed by atoms with Crippen LogP contribution in [-0.2, 0) is 0 Å². The van der Waals surface area contributed by atoms with Gasteiger partial charge in [-0.05, 0) is 51.0 Å². The van der Waals surface area contributed by atoms with E-state index in [-0.39, 0.29) is 5.91 Å². The molecule has 0 bridgehead atoms. The van der Waals surface area contributed by atoms with Crippen LogP contribution in [0.25, 0.3) is 0 Å². The van der Waals surface area contributed by atoms with Gasteiger partial charge in [0.1, 0.15) is 5.69 Å². The zero-order valence-electron chi connectivity index (χ0n) is 10.8. The number of carbonyl (C=O) groups is 1. The largest absolute Gasteiger partial charge is 0.351 e. The third-order valence-electron chi connectivity index (χ3n) is 3.28.